The Bertz CT molecular complexity index is 469. The highest BCUT2D eigenvalue weighted by atomic mass is 35.5. The number of hydrogen-bond donors (Lipinski definition) is 0. The van der Waals surface area contributed by atoms with Crippen LogP contribution in [-0.4, -0.2) is 16.0 Å². The quantitative estimate of drug-likeness (QED) is 0.772. The smallest absolute Gasteiger partial charge is 0.178 e. The maximum Gasteiger partial charge on any atom is 0.178 e. The third-order valence-corrected chi connectivity index (χ3v) is 3.09. The fraction of sp³-hybridized carbons (Fsp3) is 0.100. The SMILES string of the molecule is O=C(Cc1cccnn1)c1ccc(Cl)s1. The normalized spacial score (nSPS) is 10.2. The van der Waals surface area contributed by atoms with E-state index in [9.17, 15) is 4.79 Å². The molecule has 0 N–H and O–H groups in total. The number of ketones is 1. The molecule has 0 aliphatic rings. The van der Waals surface area contributed by atoms with Crippen LogP contribution in [0.1, 0.15) is 15.4 Å². The lowest BCUT2D eigenvalue weighted by Crippen LogP contribution is -2.03. The predicted octanol–water partition coefficient (Wildman–Crippen LogP) is 2.62. The lowest BCUT2D eigenvalue weighted by atomic mass is 10.2. The Kier molecular flexibility index (Phi) is 3.08. The number of rotatable bonds is 3. The first-order valence-corrected chi connectivity index (χ1v) is 5.50. The lowest BCUT2D eigenvalue weighted by molar-refractivity contribution is 0.0995. The second kappa shape index (κ2) is 4.51. The van der Waals surface area contributed by atoms with Crippen LogP contribution in [0.15, 0.2) is 30.5 Å². The third-order valence-electron chi connectivity index (χ3n) is 1.82. The predicted molar refractivity (Wildman–Crippen MR) is 59.4 cm³/mol. The van der Waals surface area contributed by atoms with E-state index in [1.807, 2.05) is 0 Å². The Morgan fingerprint density at radius 3 is 2.87 bits per heavy atom. The van der Waals surface area contributed by atoms with Crippen LogP contribution < -0.4 is 0 Å². The Labute approximate surface area is 95.7 Å². The molecule has 5 heteroatoms. The van der Waals surface area contributed by atoms with Gasteiger partial charge in [0.15, 0.2) is 5.78 Å². The molecule has 2 heterocycles. The molecule has 0 unspecified atom stereocenters. The molecule has 0 aliphatic heterocycles. The fourth-order valence-electron chi connectivity index (χ4n) is 1.14. The van der Waals surface area contributed by atoms with Gasteiger partial charge in [0.2, 0.25) is 0 Å². The highest BCUT2D eigenvalue weighted by Gasteiger charge is 2.10. The van der Waals surface area contributed by atoms with Crippen LogP contribution in [-0.2, 0) is 6.42 Å². The van der Waals surface area contributed by atoms with Gasteiger partial charge >= 0.3 is 0 Å². The molecule has 0 spiro atoms. The molecule has 0 fully saturated rings. The van der Waals surface area contributed by atoms with E-state index in [1.54, 1.807) is 30.5 Å². The highest BCUT2D eigenvalue weighted by Crippen LogP contribution is 2.22. The van der Waals surface area contributed by atoms with Crippen LogP contribution in [0.3, 0.4) is 0 Å². The van der Waals surface area contributed by atoms with Crippen molar-refractivity contribution < 1.29 is 4.79 Å². The van der Waals surface area contributed by atoms with Gasteiger partial charge in [-0.1, -0.05) is 11.6 Å². The number of aromatic nitrogens is 2. The molecule has 0 aromatic carbocycles. The molecule has 0 amide bonds. The van der Waals surface area contributed by atoms with Gasteiger partial charge in [0.05, 0.1) is 21.3 Å². The number of halogens is 1. The monoisotopic (exact) mass is 238 g/mol. The van der Waals surface area contributed by atoms with Crippen molar-refractivity contribution in [2.45, 2.75) is 6.42 Å². The topological polar surface area (TPSA) is 42.9 Å². The van der Waals surface area contributed by atoms with E-state index in [1.165, 1.54) is 11.3 Å². The number of hydrogen-bond acceptors (Lipinski definition) is 4. The summed E-state index contributed by atoms with van der Waals surface area (Å²) >= 11 is 7.03. The largest absolute Gasteiger partial charge is 0.293 e. The summed E-state index contributed by atoms with van der Waals surface area (Å²) in [5.74, 6) is 0.0207. The maximum atomic E-state index is 11.7. The molecule has 3 nitrogen and oxygen atoms in total. The summed E-state index contributed by atoms with van der Waals surface area (Å²) in [7, 11) is 0. The molecule has 2 aromatic heterocycles. The molecule has 76 valence electrons. The third kappa shape index (κ3) is 2.61. The molecule has 0 radical (unpaired) electrons. The van der Waals surface area contributed by atoms with E-state index in [-0.39, 0.29) is 12.2 Å². The number of nitrogens with zero attached hydrogens (tertiary/aromatic N) is 2. The van der Waals surface area contributed by atoms with Gasteiger partial charge in [0, 0.05) is 6.20 Å². The summed E-state index contributed by atoms with van der Waals surface area (Å²) in [6.45, 7) is 0. The van der Waals surface area contributed by atoms with Crippen molar-refractivity contribution in [1.82, 2.24) is 10.2 Å². The Morgan fingerprint density at radius 2 is 2.27 bits per heavy atom. The molecule has 0 bridgehead atoms. The molecule has 15 heavy (non-hydrogen) atoms. The van der Waals surface area contributed by atoms with Crippen LogP contribution in [0.25, 0.3) is 0 Å². The minimum absolute atomic E-state index is 0.0207. The van der Waals surface area contributed by atoms with Gasteiger partial charge in [-0.05, 0) is 24.3 Å². The zero-order chi connectivity index (χ0) is 10.7. The van der Waals surface area contributed by atoms with E-state index >= 15 is 0 Å². The van der Waals surface area contributed by atoms with E-state index in [2.05, 4.69) is 10.2 Å². The number of carbonyl (C=O) groups excluding carboxylic acids is 1. The van der Waals surface area contributed by atoms with Gasteiger partial charge in [0.25, 0.3) is 0 Å². The summed E-state index contributed by atoms with van der Waals surface area (Å²) in [6.07, 6.45) is 1.85. The zero-order valence-electron chi connectivity index (χ0n) is 7.68. The van der Waals surface area contributed by atoms with Crippen molar-refractivity contribution >= 4 is 28.7 Å². The van der Waals surface area contributed by atoms with Crippen molar-refractivity contribution in [2.75, 3.05) is 0 Å². The average molecular weight is 239 g/mol. The lowest BCUT2D eigenvalue weighted by Gasteiger charge is -1.95. The van der Waals surface area contributed by atoms with Crippen LogP contribution >= 0.6 is 22.9 Å². The molecule has 0 aliphatic carbocycles. The molecular formula is C10H7ClN2OS. The fourth-order valence-corrected chi connectivity index (χ4v) is 2.12. The molecule has 0 saturated heterocycles. The first kappa shape index (κ1) is 10.3. The van der Waals surface area contributed by atoms with Crippen molar-refractivity contribution in [3.05, 3.63) is 45.4 Å². The summed E-state index contributed by atoms with van der Waals surface area (Å²) in [4.78, 5) is 12.4. The van der Waals surface area contributed by atoms with E-state index < -0.39 is 0 Å². The minimum atomic E-state index is 0.0207. The van der Waals surface area contributed by atoms with Crippen molar-refractivity contribution in [3.63, 3.8) is 0 Å². The van der Waals surface area contributed by atoms with E-state index in [0.717, 1.165) is 0 Å². The van der Waals surface area contributed by atoms with Crippen molar-refractivity contribution in [1.29, 1.82) is 0 Å². The summed E-state index contributed by atoms with van der Waals surface area (Å²) in [5.41, 5.74) is 0.673. The Hall–Kier alpha value is -1.26. The van der Waals surface area contributed by atoms with Gasteiger partial charge in [0.1, 0.15) is 0 Å². The Morgan fingerprint density at radius 1 is 1.40 bits per heavy atom. The molecular weight excluding hydrogens is 232 g/mol. The van der Waals surface area contributed by atoms with Crippen molar-refractivity contribution in [2.24, 2.45) is 0 Å². The number of carbonyl (C=O) groups is 1. The van der Waals surface area contributed by atoms with Crippen LogP contribution in [0.5, 0.6) is 0 Å². The molecule has 2 aromatic rings. The maximum absolute atomic E-state index is 11.7. The van der Waals surface area contributed by atoms with E-state index in [0.29, 0.717) is 14.9 Å². The van der Waals surface area contributed by atoms with Gasteiger partial charge in [-0.2, -0.15) is 10.2 Å². The number of Topliss-reactive ketones (excluding diaryl/α,β-unsaturated/α-hetero) is 1. The second-order valence-corrected chi connectivity index (χ2v) is 4.63. The Balaban J connectivity index is 2.11. The van der Waals surface area contributed by atoms with Crippen LogP contribution in [0.4, 0.5) is 0 Å². The molecule has 2 rings (SSSR count). The minimum Gasteiger partial charge on any atom is -0.293 e. The first-order valence-electron chi connectivity index (χ1n) is 4.31. The van der Waals surface area contributed by atoms with E-state index in [4.69, 9.17) is 11.6 Å². The van der Waals surface area contributed by atoms with Gasteiger partial charge < -0.3 is 0 Å². The first-order chi connectivity index (χ1) is 7.25. The van der Waals surface area contributed by atoms with Gasteiger partial charge in [-0.25, -0.2) is 0 Å². The molecule has 0 atom stereocenters. The zero-order valence-corrected chi connectivity index (χ0v) is 9.26. The summed E-state index contributed by atoms with van der Waals surface area (Å²) in [6, 6.07) is 6.99. The standard InChI is InChI=1S/C10H7ClN2OS/c11-10-4-3-9(15-10)8(14)6-7-2-1-5-12-13-7/h1-5H,6H2. The average Bonchev–Trinajstić information content (AvgIpc) is 2.66. The molecule has 0 saturated carbocycles. The summed E-state index contributed by atoms with van der Waals surface area (Å²) in [5, 5.41) is 7.56. The van der Waals surface area contributed by atoms with Gasteiger partial charge in [-0.3, -0.25) is 4.79 Å². The highest BCUT2D eigenvalue weighted by molar-refractivity contribution is 7.18. The second-order valence-electron chi connectivity index (χ2n) is 2.92. The summed E-state index contributed by atoms with van der Waals surface area (Å²) < 4.78 is 0.623. The number of thiophene rings is 1. The van der Waals surface area contributed by atoms with Crippen LogP contribution in [0.2, 0.25) is 4.34 Å². The van der Waals surface area contributed by atoms with Crippen LogP contribution in [0, 0.1) is 0 Å². The van der Waals surface area contributed by atoms with Crippen molar-refractivity contribution in [3.8, 4) is 0 Å². The van der Waals surface area contributed by atoms with Gasteiger partial charge in [-0.15, -0.1) is 11.3 Å².